The summed E-state index contributed by atoms with van der Waals surface area (Å²) in [5.41, 5.74) is 0.394. The van der Waals surface area contributed by atoms with Gasteiger partial charge in [0.05, 0.1) is 5.57 Å². The lowest BCUT2D eigenvalue weighted by Crippen LogP contribution is -2.09. The average molecular weight is 272 g/mol. The fraction of sp³-hybridized carbons (Fsp3) is 0.467. The Morgan fingerprint density at radius 3 is 2.26 bits per heavy atom. The Kier molecular flexibility index (Phi) is 6.09. The molecule has 0 atom stereocenters. The molecule has 0 saturated carbocycles. The maximum Gasteiger partial charge on any atom is 0.416 e. The molecule has 0 radical (unpaired) electrons. The van der Waals surface area contributed by atoms with Gasteiger partial charge in [0, 0.05) is 13.7 Å². The molecule has 1 nitrogen and oxygen atoms in total. The van der Waals surface area contributed by atoms with Crippen LogP contribution in [0.1, 0.15) is 30.4 Å². The molecule has 106 valence electrons. The fourth-order valence-electron chi connectivity index (χ4n) is 1.79. The van der Waals surface area contributed by atoms with E-state index in [1.807, 2.05) is 0 Å². The minimum Gasteiger partial charge on any atom is -0.385 e. The molecule has 0 N–H and O–H groups in total. The molecule has 0 aromatic heterocycles. The van der Waals surface area contributed by atoms with E-state index < -0.39 is 11.7 Å². The Balaban J connectivity index is 2.46. The summed E-state index contributed by atoms with van der Waals surface area (Å²) in [7, 11) is 1.67. The fourth-order valence-corrected chi connectivity index (χ4v) is 1.79. The van der Waals surface area contributed by atoms with Crippen molar-refractivity contribution in [2.24, 2.45) is 0 Å². The summed E-state index contributed by atoms with van der Waals surface area (Å²) in [5.74, 6) is 0. The summed E-state index contributed by atoms with van der Waals surface area (Å²) < 4.78 is 42.3. The smallest absolute Gasteiger partial charge is 0.385 e. The van der Waals surface area contributed by atoms with Crippen LogP contribution in [-0.4, -0.2) is 19.9 Å². The first-order valence-electron chi connectivity index (χ1n) is 6.29. The molecular weight excluding hydrogens is 253 g/mol. The second kappa shape index (κ2) is 7.34. The van der Waals surface area contributed by atoms with Crippen LogP contribution in [0.5, 0.6) is 0 Å². The Bertz CT molecular complexity index is 393. The summed E-state index contributed by atoms with van der Waals surface area (Å²) in [4.78, 5) is 0. The van der Waals surface area contributed by atoms with E-state index in [-0.39, 0.29) is 5.56 Å². The van der Waals surface area contributed by atoms with Gasteiger partial charge in [-0.3, -0.25) is 0 Å². The van der Waals surface area contributed by atoms with Gasteiger partial charge in [0.15, 0.2) is 0 Å². The summed E-state index contributed by atoms with van der Waals surface area (Å²) in [6.07, 6.45) is -0.391. The summed E-state index contributed by atoms with van der Waals surface area (Å²) in [6.45, 7) is 3.84. The van der Waals surface area contributed by atoms with Crippen LogP contribution >= 0.6 is 0 Å². The van der Waals surface area contributed by atoms with Crippen molar-refractivity contribution in [1.82, 2.24) is 0 Å². The Morgan fingerprint density at radius 1 is 1.11 bits per heavy atom. The third-order valence-corrected chi connectivity index (χ3v) is 2.96. The molecule has 1 rings (SSSR count). The molecule has 0 amide bonds. The highest BCUT2D eigenvalue weighted by molar-refractivity contribution is 5.67. The number of methoxy groups -OCH3 is 1. The number of alkyl halides is 3. The van der Waals surface area contributed by atoms with Crippen molar-refractivity contribution in [2.75, 3.05) is 13.7 Å². The molecule has 0 saturated heterocycles. The van der Waals surface area contributed by atoms with Crippen molar-refractivity contribution >= 4 is 5.57 Å². The van der Waals surface area contributed by atoms with E-state index in [4.69, 9.17) is 4.74 Å². The number of allylic oxidation sites excluding steroid dienone is 1. The van der Waals surface area contributed by atoms with Crippen LogP contribution in [0.2, 0.25) is 0 Å². The summed E-state index contributed by atoms with van der Waals surface area (Å²) in [6, 6.07) is 6.45. The van der Waals surface area contributed by atoms with Gasteiger partial charge in [-0.15, -0.1) is 0 Å². The molecule has 0 heterocycles. The normalized spacial score (nSPS) is 11.6. The number of aryl methyl sites for hydroxylation is 1. The molecule has 19 heavy (non-hydrogen) atoms. The van der Waals surface area contributed by atoms with E-state index in [2.05, 4.69) is 6.58 Å². The third-order valence-electron chi connectivity index (χ3n) is 2.96. The highest BCUT2D eigenvalue weighted by Gasteiger charge is 2.32. The van der Waals surface area contributed by atoms with E-state index in [1.165, 1.54) is 12.1 Å². The van der Waals surface area contributed by atoms with Gasteiger partial charge in [0.1, 0.15) is 0 Å². The molecule has 0 aliphatic rings. The number of benzene rings is 1. The van der Waals surface area contributed by atoms with Gasteiger partial charge in [0.25, 0.3) is 0 Å². The SMILES string of the molecule is C=C(c1ccc(CCCCCOC)cc1)C(F)(F)F. The first-order valence-corrected chi connectivity index (χ1v) is 6.29. The van der Waals surface area contributed by atoms with Crippen molar-refractivity contribution in [1.29, 1.82) is 0 Å². The van der Waals surface area contributed by atoms with Crippen LogP contribution in [-0.2, 0) is 11.2 Å². The van der Waals surface area contributed by atoms with Crippen LogP contribution in [0, 0.1) is 0 Å². The monoisotopic (exact) mass is 272 g/mol. The lowest BCUT2D eigenvalue weighted by Gasteiger charge is -2.10. The number of halogens is 3. The molecular formula is C15H19F3O. The average Bonchev–Trinajstić information content (AvgIpc) is 2.37. The van der Waals surface area contributed by atoms with Crippen molar-refractivity contribution in [3.05, 3.63) is 42.0 Å². The Morgan fingerprint density at radius 2 is 1.74 bits per heavy atom. The topological polar surface area (TPSA) is 9.23 Å². The van der Waals surface area contributed by atoms with Crippen LogP contribution in [0.3, 0.4) is 0 Å². The molecule has 0 aliphatic heterocycles. The number of hydrogen-bond acceptors (Lipinski definition) is 1. The molecule has 0 aliphatic carbocycles. The lowest BCUT2D eigenvalue weighted by atomic mass is 10.0. The predicted molar refractivity (Wildman–Crippen MR) is 71.0 cm³/mol. The van der Waals surface area contributed by atoms with Crippen LogP contribution in [0.25, 0.3) is 5.57 Å². The summed E-state index contributed by atoms with van der Waals surface area (Å²) >= 11 is 0. The zero-order valence-electron chi connectivity index (χ0n) is 11.1. The predicted octanol–water partition coefficient (Wildman–Crippen LogP) is 4.62. The molecule has 0 unspecified atom stereocenters. The zero-order valence-corrected chi connectivity index (χ0v) is 11.1. The highest BCUT2D eigenvalue weighted by atomic mass is 19.4. The van der Waals surface area contributed by atoms with Gasteiger partial charge in [-0.25, -0.2) is 0 Å². The molecule has 1 aromatic rings. The second-order valence-corrected chi connectivity index (χ2v) is 4.48. The molecule has 0 spiro atoms. The van der Waals surface area contributed by atoms with Gasteiger partial charge < -0.3 is 4.74 Å². The van der Waals surface area contributed by atoms with Crippen molar-refractivity contribution in [3.8, 4) is 0 Å². The van der Waals surface area contributed by atoms with Gasteiger partial charge in [-0.1, -0.05) is 37.3 Å². The number of hydrogen-bond donors (Lipinski definition) is 0. The van der Waals surface area contributed by atoms with Crippen LogP contribution < -0.4 is 0 Å². The summed E-state index contributed by atoms with van der Waals surface area (Å²) in [5, 5.41) is 0. The first kappa shape index (κ1) is 15.8. The Hall–Kier alpha value is -1.29. The second-order valence-electron chi connectivity index (χ2n) is 4.48. The lowest BCUT2D eigenvalue weighted by molar-refractivity contribution is -0.0686. The van der Waals surface area contributed by atoms with Gasteiger partial charge >= 0.3 is 6.18 Å². The van der Waals surface area contributed by atoms with E-state index in [1.54, 1.807) is 19.2 Å². The van der Waals surface area contributed by atoms with E-state index in [0.717, 1.165) is 37.9 Å². The maximum absolute atomic E-state index is 12.4. The van der Waals surface area contributed by atoms with Crippen LogP contribution in [0.4, 0.5) is 13.2 Å². The molecule has 4 heteroatoms. The molecule has 1 aromatic carbocycles. The van der Waals surface area contributed by atoms with Crippen molar-refractivity contribution in [2.45, 2.75) is 31.9 Å². The minimum absolute atomic E-state index is 0.135. The zero-order chi connectivity index (χ0) is 14.3. The van der Waals surface area contributed by atoms with E-state index in [9.17, 15) is 13.2 Å². The molecule has 0 fully saturated rings. The number of ether oxygens (including phenoxy) is 1. The minimum atomic E-state index is -4.36. The third kappa shape index (κ3) is 5.47. The Labute approximate surface area is 112 Å². The van der Waals surface area contributed by atoms with Crippen molar-refractivity contribution in [3.63, 3.8) is 0 Å². The standard InChI is InChI=1S/C15H19F3O/c1-12(15(16,17)18)14-9-7-13(8-10-14)6-4-3-5-11-19-2/h7-10H,1,3-6,11H2,2H3. The van der Waals surface area contributed by atoms with E-state index in [0.29, 0.717) is 0 Å². The van der Waals surface area contributed by atoms with Gasteiger partial charge in [-0.2, -0.15) is 13.2 Å². The van der Waals surface area contributed by atoms with Crippen LogP contribution in [0.15, 0.2) is 30.8 Å². The highest BCUT2D eigenvalue weighted by Crippen LogP contribution is 2.32. The maximum atomic E-state index is 12.4. The van der Waals surface area contributed by atoms with Gasteiger partial charge in [0.2, 0.25) is 0 Å². The quantitative estimate of drug-likeness (QED) is 0.658. The van der Waals surface area contributed by atoms with Gasteiger partial charge in [-0.05, 0) is 30.4 Å². The van der Waals surface area contributed by atoms with Crippen molar-refractivity contribution < 1.29 is 17.9 Å². The largest absolute Gasteiger partial charge is 0.416 e. The molecule has 0 bridgehead atoms. The number of unbranched alkanes of at least 4 members (excludes halogenated alkanes) is 2. The van der Waals surface area contributed by atoms with E-state index >= 15 is 0 Å². The first-order chi connectivity index (χ1) is 8.95. The number of rotatable bonds is 7.